The number of nitriles is 1. The van der Waals surface area contributed by atoms with E-state index in [-0.39, 0.29) is 18.1 Å². The van der Waals surface area contributed by atoms with Gasteiger partial charge in [0, 0.05) is 23.9 Å². The Kier molecular flexibility index (Phi) is 6.24. The maximum Gasteiger partial charge on any atom is 0.348 e. The molecule has 0 bridgehead atoms. The highest BCUT2D eigenvalue weighted by atomic mass is 35.5. The van der Waals surface area contributed by atoms with Crippen LogP contribution in [0, 0.1) is 37.0 Å². The predicted octanol–water partition coefficient (Wildman–Crippen LogP) is 4.80. The Morgan fingerprint density at radius 3 is 2.68 bits per heavy atom. The lowest BCUT2D eigenvalue weighted by Gasteiger charge is -2.11. The number of hydrogen-bond donors (Lipinski definition) is 0. The van der Waals surface area contributed by atoms with Crippen LogP contribution in [0.15, 0.2) is 11.6 Å². The van der Waals surface area contributed by atoms with Crippen LogP contribution < -0.4 is 0 Å². The first-order valence-corrected chi connectivity index (χ1v) is 9.24. The Morgan fingerprint density at radius 1 is 1.52 bits per heavy atom. The molecule has 1 aliphatic rings. The van der Waals surface area contributed by atoms with Crippen LogP contribution in [0.3, 0.4) is 0 Å². The van der Waals surface area contributed by atoms with Crippen LogP contribution >= 0.6 is 23.2 Å². The van der Waals surface area contributed by atoms with Gasteiger partial charge in [0.15, 0.2) is 0 Å². The molecule has 0 aromatic carbocycles. The monoisotopic (exact) mass is 382 g/mol. The van der Waals surface area contributed by atoms with Gasteiger partial charge in [-0.05, 0) is 50.3 Å². The molecule has 1 heterocycles. The van der Waals surface area contributed by atoms with Gasteiger partial charge in [-0.2, -0.15) is 5.26 Å². The fraction of sp³-hybridized carbons (Fsp3) is 0.579. The minimum Gasteiger partial charge on any atom is -0.461 e. The average molecular weight is 383 g/mol. The summed E-state index contributed by atoms with van der Waals surface area (Å²) >= 11 is 11.8. The second kappa shape index (κ2) is 7.85. The summed E-state index contributed by atoms with van der Waals surface area (Å²) in [6.45, 7) is 9.47. The number of hydrogen-bond acceptors (Lipinski definition) is 3. The minimum atomic E-state index is -0.794. The van der Waals surface area contributed by atoms with Gasteiger partial charge in [-0.25, -0.2) is 4.79 Å². The average Bonchev–Trinajstić information content (AvgIpc) is 3.05. The van der Waals surface area contributed by atoms with Crippen LogP contribution in [0.5, 0.6) is 0 Å². The number of rotatable bonds is 7. The lowest BCUT2D eigenvalue weighted by Crippen LogP contribution is -2.11. The standard InChI is InChI=1S/C19H24Cl2N2O2/c1-12(2)5-6-23-13(3)7-15(14(23)4)8-16(10-22)18(24)25-11-17-9-19(17,20)21/h7-8,12,17H,5-6,9,11H2,1-4H3/b16-8-/t17-/m0/s1. The first kappa shape index (κ1) is 19.9. The quantitative estimate of drug-likeness (QED) is 0.294. The molecule has 0 radical (unpaired) electrons. The van der Waals surface area contributed by atoms with E-state index in [9.17, 15) is 10.1 Å². The summed E-state index contributed by atoms with van der Waals surface area (Å²) in [5.41, 5.74) is 3.01. The van der Waals surface area contributed by atoms with E-state index < -0.39 is 10.3 Å². The molecule has 1 fully saturated rings. The zero-order chi connectivity index (χ0) is 18.8. The van der Waals surface area contributed by atoms with Crippen molar-refractivity contribution in [3.8, 4) is 6.07 Å². The highest BCUT2D eigenvalue weighted by Gasteiger charge is 2.52. The van der Waals surface area contributed by atoms with Gasteiger partial charge in [-0.3, -0.25) is 0 Å². The molecule has 0 N–H and O–H groups in total. The fourth-order valence-corrected chi connectivity index (χ4v) is 3.20. The Hall–Kier alpha value is -1.44. The van der Waals surface area contributed by atoms with Gasteiger partial charge in [-0.15, -0.1) is 23.2 Å². The molecule has 0 saturated heterocycles. The number of aryl methyl sites for hydroxylation is 1. The minimum absolute atomic E-state index is 0.0143. The van der Waals surface area contributed by atoms with E-state index in [1.807, 2.05) is 26.0 Å². The van der Waals surface area contributed by atoms with Gasteiger partial charge in [0.25, 0.3) is 0 Å². The van der Waals surface area contributed by atoms with Crippen molar-refractivity contribution in [1.82, 2.24) is 4.57 Å². The molecule has 1 aromatic rings. The number of alkyl halides is 2. The second-order valence-corrected chi connectivity index (χ2v) is 8.63. The van der Waals surface area contributed by atoms with Gasteiger partial charge in [-0.1, -0.05) is 13.8 Å². The van der Waals surface area contributed by atoms with Crippen molar-refractivity contribution in [2.45, 2.75) is 51.4 Å². The molecule has 0 unspecified atom stereocenters. The maximum atomic E-state index is 12.1. The van der Waals surface area contributed by atoms with E-state index in [1.165, 1.54) is 0 Å². The van der Waals surface area contributed by atoms with Crippen LogP contribution in [-0.2, 0) is 16.1 Å². The molecule has 4 nitrogen and oxygen atoms in total. The molecule has 25 heavy (non-hydrogen) atoms. The van der Waals surface area contributed by atoms with Gasteiger partial charge in [0.1, 0.15) is 16.0 Å². The summed E-state index contributed by atoms with van der Waals surface area (Å²) in [4.78, 5) is 12.1. The molecule has 1 atom stereocenters. The number of esters is 1. The number of carbonyl (C=O) groups is 1. The van der Waals surface area contributed by atoms with Crippen molar-refractivity contribution in [3.63, 3.8) is 0 Å². The molecule has 1 aromatic heterocycles. The van der Waals surface area contributed by atoms with Crippen molar-refractivity contribution >= 4 is 35.2 Å². The smallest absolute Gasteiger partial charge is 0.348 e. The van der Waals surface area contributed by atoms with Crippen LogP contribution in [0.25, 0.3) is 6.08 Å². The van der Waals surface area contributed by atoms with E-state index >= 15 is 0 Å². The molecule has 0 aliphatic heterocycles. The zero-order valence-corrected chi connectivity index (χ0v) is 16.6. The second-order valence-electron chi connectivity index (χ2n) is 7.09. The van der Waals surface area contributed by atoms with Crippen molar-refractivity contribution in [2.24, 2.45) is 11.8 Å². The first-order chi connectivity index (χ1) is 11.7. The van der Waals surface area contributed by atoms with Crippen molar-refractivity contribution < 1.29 is 9.53 Å². The zero-order valence-electron chi connectivity index (χ0n) is 15.1. The van der Waals surface area contributed by atoms with E-state index in [2.05, 4.69) is 18.4 Å². The summed E-state index contributed by atoms with van der Waals surface area (Å²) < 4.78 is 6.60. The van der Waals surface area contributed by atoms with Gasteiger partial charge < -0.3 is 9.30 Å². The van der Waals surface area contributed by atoms with E-state index in [0.29, 0.717) is 12.3 Å². The number of carbonyl (C=O) groups excluding carboxylic acids is 1. The highest BCUT2D eigenvalue weighted by molar-refractivity contribution is 6.50. The van der Waals surface area contributed by atoms with Crippen LogP contribution in [0.1, 0.15) is 43.6 Å². The summed E-state index contributed by atoms with van der Waals surface area (Å²) in [6, 6.07) is 3.92. The highest BCUT2D eigenvalue weighted by Crippen LogP contribution is 2.53. The number of nitrogens with zero attached hydrogens (tertiary/aromatic N) is 2. The summed E-state index contributed by atoms with van der Waals surface area (Å²) in [5.74, 6) is -0.0745. The molecule has 136 valence electrons. The Morgan fingerprint density at radius 2 is 2.16 bits per heavy atom. The Balaban J connectivity index is 2.09. The normalized spacial score (nSPS) is 19.0. The van der Waals surface area contributed by atoms with Gasteiger partial charge >= 0.3 is 5.97 Å². The number of halogens is 2. The third-order valence-electron chi connectivity index (χ3n) is 4.55. The lowest BCUT2D eigenvalue weighted by molar-refractivity contribution is -0.138. The van der Waals surface area contributed by atoms with Crippen molar-refractivity contribution in [1.29, 1.82) is 5.26 Å². The molecule has 1 saturated carbocycles. The summed E-state index contributed by atoms with van der Waals surface area (Å²) in [5, 5.41) is 9.31. The first-order valence-electron chi connectivity index (χ1n) is 8.49. The summed E-state index contributed by atoms with van der Waals surface area (Å²) in [7, 11) is 0. The van der Waals surface area contributed by atoms with Crippen LogP contribution in [-0.4, -0.2) is 21.5 Å². The van der Waals surface area contributed by atoms with E-state index in [4.69, 9.17) is 27.9 Å². The van der Waals surface area contributed by atoms with E-state index in [1.54, 1.807) is 6.08 Å². The molecule has 0 spiro atoms. The molecule has 0 amide bonds. The van der Waals surface area contributed by atoms with E-state index in [0.717, 1.165) is 29.9 Å². The lowest BCUT2D eigenvalue weighted by atomic mass is 10.1. The molecule has 6 heteroatoms. The maximum absolute atomic E-state index is 12.1. The largest absolute Gasteiger partial charge is 0.461 e. The third-order valence-corrected chi connectivity index (χ3v) is 5.48. The number of aromatic nitrogens is 1. The molecular weight excluding hydrogens is 359 g/mol. The topological polar surface area (TPSA) is 55.0 Å². The molecule has 1 aliphatic carbocycles. The van der Waals surface area contributed by atoms with Gasteiger partial charge in [0.2, 0.25) is 0 Å². The number of ether oxygens (including phenoxy) is 1. The SMILES string of the molecule is Cc1cc(/C=C(/C#N)C(=O)OC[C@@H]2CC2(Cl)Cl)c(C)n1CCC(C)C. The molecule has 2 rings (SSSR count). The molecular formula is C19H24Cl2N2O2. The third kappa shape index (κ3) is 5.03. The van der Waals surface area contributed by atoms with Gasteiger partial charge in [0.05, 0.1) is 6.61 Å². The van der Waals surface area contributed by atoms with Crippen molar-refractivity contribution in [2.75, 3.05) is 6.61 Å². The van der Waals surface area contributed by atoms with Crippen LogP contribution in [0.2, 0.25) is 0 Å². The summed E-state index contributed by atoms with van der Waals surface area (Å²) in [6.07, 6.45) is 3.27. The van der Waals surface area contributed by atoms with Crippen LogP contribution in [0.4, 0.5) is 0 Å². The Bertz CT molecular complexity index is 727. The predicted molar refractivity (Wildman–Crippen MR) is 100 cm³/mol. The fourth-order valence-electron chi connectivity index (χ4n) is 2.70. The Labute approximate surface area is 159 Å². The van der Waals surface area contributed by atoms with Crippen molar-refractivity contribution in [3.05, 3.63) is 28.6 Å².